The van der Waals surface area contributed by atoms with E-state index < -0.39 is 17.7 Å². The van der Waals surface area contributed by atoms with E-state index in [9.17, 15) is 14.7 Å². The van der Waals surface area contributed by atoms with Crippen molar-refractivity contribution in [3.05, 3.63) is 86.6 Å². The standard InChI is InChI=1S/C25H20N2O4S/c1-14-11-15(2)24(31-3)18(12-14)22(28)20-21(19-5-4-10-32-19)27(25(30)23(20)29)17-8-6-16(13-26)7-9-17/h4-12,21,28H,1-3H3/b22-20-. The minimum absolute atomic E-state index is 0.00473. The monoisotopic (exact) mass is 444 g/mol. The molecule has 0 spiro atoms. The molecule has 160 valence electrons. The smallest absolute Gasteiger partial charge is 0.300 e. The van der Waals surface area contributed by atoms with Crippen LogP contribution in [0.1, 0.15) is 33.2 Å². The molecule has 0 radical (unpaired) electrons. The summed E-state index contributed by atoms with van der Waals surface area (Å²) in [7, 11) is 1.50. The minimum atomic E-state index is -0.798. The van der Waals surface area contributed by atoms with E-state index in [1.54, 1.807) is 30.3 Å². The third-order valence-corrected chi connectivity index (χ3v) is 6.33. The van der Waals surface area contributed by atoms with Gasteiger partial charge in [-0.1, -0.05) is 12.1 Å². The van der Waals surface area contributed by atoms with E-state index in [4.69, 9.17) is 10.00 Å². The van der Waals surface area contributed by atoms with Gasteiger partial charge < -0.3 is 9.84 Å². The lowest BCUT2D eigenvalue weighted by molar-refractivity contribution is -0.132. The maximum atomic E-state index is 13.2. The summed E-state index contributed by atoms with van der Waals surface area (Å²) in [5.41, 5.74) is 2.98. The van der Waals surface area contributed by atoms with E-state index in [-0.39, 0.29) is 11.3 Å². The van der Waals surface area contributed by atoms with Crippen molar-refractivity contribution in [1.29, 1.82) is 5.26 Å². The van der Waals surface area contributed by atoms with E-state index in [1.165, 1.54) is 23.3 Å². The van der Waals surface area contributed by atoms with Gasteiger partial charge >= 0.3 is 0 Å². The normalized spacial score (nSPS) is 17.4. The molecular weight excluding hydrogens is 424 g/mol. The summed E-state index contributed by atoms with van der Waals surface area (Å²) in [6.07, 6.45) is 0. The van der Waals surface area contributed by atoms with E-state index >= 15 is 0 Å². The quantitative estimate of drug-likeness (QED) is 0.352. The Morgan fingerprint density at radius 3 is 2.47 bits per heavy atom. The van der Waals surface area contributed by atoms with Crippen LogP contribution in [0.3, 0.4) is 0 Å². The van der Waals surface area contributed by atoms with Gasteiger partial charge in [0, 0.05) is 10.6 Å². The number of carbonyl (C=O) groups excluding carboxylic acids is 2. The molecule has 0 aliphatic carbocycles. The number of anilines is 1. The van der Waals surface area contributed by atoms with Crippen molar-refractivity contribution in [2.75, 3.05) is 12.0 Å². The van der Waals surface area contributed by atoms with E-state index in [0.717, 1.165) is 16.0 Å². The molecule has 6 nitrogen and oxygen atoms in total. The summed E-state index contributed by atoms with van der Waals surface area (Å²) in [5, 5.41) is 22.3. The van der Waals surface area contributed by atoms with Crippen LogP contribution < -0.4 is 9.64 Å². The van der Waals surface area contributed by atoms with Gasteiger partial charge in [0.25, 0.3) is 11.7 Å². The molecule has 1 aromatic heterocycles. The molecule has 1 fully saturated rings. The molecular formula is C25H20N2O4S. The van der Waals surface area contributed by atoms with Crippen molar-refractivity contribution in [1.82, 2.24) is 0 Å². The van der Waals surface area contributed by atoms with Crippen LogP contribution >= 0.6 is 11.3 Å². The van der Waals surface area contributed by atoms with Crippen molar-refractivity contribution in [2.45, 2.75) is 19.9 Å². The lowest BCUT2D eigenvalue weighted by Crippen LogP contribution is -2.29. The second-order valence-electron chi connectivity index (χ2n) is 7.51. The van der Waals surface area contributed by atoms with Crippen molar-refractivity contribution < 1.29 is 19.4 Å². The molecule has 1 atom stereocenters. The minimum Gasteiger partial charge on any atom is -0.507 e. The van der Waals surface area contributed by atoms with Crippen LogP contribution in [-0.4, -0.2) is 23.9 Å². The Labute approximate surface area is 189 Å². The van der Waals surface area contributed by atoms with Gasteiger partial charge in [-0.15, -0.1) is 11.3 Å². The first kappa shape index (κ1) is 21.3. The van der Waals surface area contributed by atoms with Gasteiger partial charge in [0.2, 0.25) is 0 Å². The lowest BCUT2D eigenvalue weighted by atomic mass is 9.96. The molecule has 1 unspecified atom stereocenters. The third kappa shape index (κ3) is 3.45. The predicted octanol–water partition coefficient (Wildman–Crippen LogP) is 4.87. The van der Waals surface area contributed by atoms with E-state index in [0.29, 0.717) is 22.6 Å². The molecule has 1 amide bonds. The lowest BCUT2D eigenvalue weighted by Gasteiger charge is -2.24. The van der Waals surface area contributed by atoms with Gasteiger partial charge in [-0.2, -0.15) is 5.26 Å². The molecule has 7 heteroatoms. The van der Waals surface area contributed by atoms with Crippen LogP contribution in [0.15, 0.2) is 59.5 Å². The molecule has 1 saturated heterocycles. The first-order chi connectivity index (χ1) is 15.4. The van der Waals surface area contributed by atoms with Crippen LogP contribution in [-0.2, 0) is 9.59 Å². The Morgan fingerprint density at radius 2 is 1.88 bits per heavy atom. The summed E-state index contributed by atoms with van der Waals surface area (Å²) < 4.78 is 5.50. The highest BCUT2D eigenvalue weighted by Crippen LogP contribution is 2.45. The Morgan fingerprint density at radius 1 is 1.16 bits per heavy atom. The molecule has 2 heterocycles. The van der Waals surface area contributed by atoms with Crippen LogP contribution in [0.2, 0.25) is 0 Å². The van der Waals surface area contributed by atoms with Crippen LogP contribution in [0, 0.1) is 25.2 Å². The Bertz CT molecular complexity index is 1280. The number of nitriles is 1. The molecule has 4 rings (SSSR count). The number of methoxy groups -OCH3 is 1. The van der Waals surface area contributed by atoms with Gasteiger partial charge in [0.1, 0.15) is 17.6 Å². The van der Waals surface area contributed by atoms with Gasteiger partial charge in [-0.05, 0) is 66.8 Å². The number of rotatable bonds is 4. The largest absolute Gasteiger partial charge is 0.507 e. The van der Waals surface area contributed by atoms with E-state index in [2.05, 4.69) is 0 Å². The fourth-order valence-corrected chi connectivity index (χ4v) is 4.88. The maximum Gasteiger partial charge on any atom is 0.300 e. The number of carbonyl (C=O) groups is 2. The second kappa shape index (κ2) is 8.33. The molecule has 2 aromatic carbocycles. The van der Waals surface area contributed by atoms with Crippen molar-refractivity contribution in [3.8, 4) is 11.8 Å². The molecule has 1 aliphatic rings. The third-order valence-electron chi connectivity index (χ3n) is 5.41. The topological polar surface area (TPSA) is 90.6 Å². The molecule has 1 N–H and O–H groups in total. The van der Waals surface area contributed by atoms with Crippen LogP contribution in [0.25, 0.3) is 5.76 Å². The highest BCUT2D eigenvalue weighted by atomic mass is 32.1. The Balaban J connectivity index is 1.96. The molecule has 0 saturated carbocycles. The molecule has 32 heavy (non-hydrogen) atoms. The number of hydrogen-bond donors (Lipinski definition) is 1. The highest BCUT2D eigenvalue weighted by molar-refractivity contribution is 7.10. The maximum absolute atomic E-state index is 13.2. The van der Waals surface area contributed by atoms with Crippen molar-refractivity contribution in [3.63, 3.8) is 0 Å². The average molecular weight is 445 g/mol. The number of amides is 1. The number of Topliss-reactive ketones (excluding diaryl/α,β-unsaturated/α-hetero) is 1. The zero-order chi connectivity index (χ0) is 23.0. The van der Waals surface area contributed by atoms with Crippen molar-refractivity contribution in [2.24, 2.45) is 0 Å². The summed E-state index contributed by atoms with van der Waals surface area (Å²) in [4.78, 5) is 28.4. The average Bonchev–Trinajstić information content (AvgIpc) is 3.40. The van der Waals surface area contributed by atoms with Crippen LogP contribution in [0.4, 0.5) is 5.69 Å². The predicted molar refractivity (Wildman–Crippen MR) is 123 cm³/mol. The molecule has 0 bridgehead atoms. The fourth-order valence-electron chi connectivity index (χ4n) is 4.06. The second-order valence-corrected chi connectivity index (χ2v) is 8.49. The summed E-state index contributed by atoms with van der Waals surface area (Å²) in [5.74, 6) is -1.34. The first-order valence-corrected chi connectivity index (χ1v) is 10.8. The number of aryl methyl sites for hydroxylation is 2. The van der Waals surface area contributed by atoms with Gasteiger partial charge in [-0.3, -0.25) is 14.5 Å². The van der Waals surface area contributed by atoms with Crippen LogP contribution in [0.5, 0.6) is 5.75 Å². The number of thiophene rings is 1. The van der Waals surface area contributed by atoms with Crippen molar-refractivity contribution >= 4 is 34.5 Å². The fraction of sp³-hybridized carbons (Fsp3) is 0.160. The number of benzene rings is 2. The first-order valence-electron chi connectivity index (χ1n) is 9.87. The number of ketones is 1. The van der Waals surface area contributed by atoms with Gasteiger partial charge in [-0.25, -0.2) is 0 Å². The molecule has 3 aromatic rings. The number of aliphatic hydroxyl groups is 1. The summed E-state index contributed by atoms with van der Waals surface area (Å²) >= 11 is 1.39. The summed E-state index contributed by atoms with van der Waals surface area (Å²) in [6.45, 7) is 3.74. The SMILES string of the molecule is COc1c(C)cc(C)cc1/C(O)=C1/C(=O)C(=O)N(c2ccc(C#N)cc2)C1c1cccs1. The Kier molecular flexibility index (Phi) is 5.56. The molecule has 1 aliphatic heterocycles. The van der Waals surface area contributed by atoms with Gasteiger partial charge in [0.15, 0.2) is 0 Å². The Hall–Kier alpha value is -3.89. The zero-order valence-corrected chi connectivity index (χ0v) is 18.6. The highest BCUT2D eigenvalue weighted by Gasteiger charge is 2.47. The zero-order valence-electron chi connectivity index (χ0n) is 17.7. The number of nitrogens with zero attached hydrogens (tertiary/aromatic N) is 2. The number of hydrogen-bond acceptors (Lipinski definition) is 6. The van der Waals surface area contributed by atoms with E-state index in [1.807, 2.05) is 43.5 Å². The summed E-state index contributed by atoms with van der Waals surface area (Å²) in [6, 6.07) is 15.0. The van der Waals surface area contributed by atoms with Gasteiger partial charge in [0.05, 0.1) is 29.9 Å². The number of ether oxygens (including phenoxy) is 1. The number of aliphatic hydroxyl groups excluding tert-OH is 1.